The van der Waals surface area contributed by atoms with Gasteiger partial charge in [0, 0.05) is 16.1 Å². The molecule has 2 rings (SSSR count). The molecule has 0 spiro atoms. The summed E-state index contributed by atoms with van der Waals surface area (Å²) in [4.78, 5) is 11.6. The Hall–Kier alpha value is -0.830. The van der Waals surface area contributed by atoms with E-state index in [1.807, 2.05) is 25.1 Å². The second-order valence-electron chi connectivity index (χ2n) is 3.71. The maximum atomic E-state index is 11.6. The maximum Gasteiger partial charge on any atom is 0.251 e. The van der Waals surface area contributed by atoms with Crippen molar-refractivity contribution in [3.8, 4) is 0 Å². The van der Waals surface area contributed by atoms with E-state index in [-0.39, 0.29) is 5.91 Å². The summed E-state index contributed by atoms with van der Waals surface area (Å²) < 4.78 is 0.987. The second-order valence-corrected chi connectivity index (χ2v) is 4.57. The highest BCUT2D eigenvalue weighted by Crippen LogP contribution is 2.21. The third-order valence-electron chi connectivity index (χ3n) is 2.35. The van der Waals surface area contributed by atoms with Crippen LogP contribution in [0.3, 0.4) is 0 Å². The van der Waals surface area contributed by atoms with E-state index < -0.39 is 0 Å². The topological polar surface area (TPSA) is 29.1 Å². The van der Waals surface area contributed by atoms with E-state index in [0.29, 0.717) is 6.04 Å². The van der Waals surface area contributed by atoms with Gasteiger partial charge in [-0.05, 0) is 37.5 Å². The first kappa shape index (κ1) is 9.71. The monoisotopic (exact) mass is 253 g/mol. The van der Waals surface area contributed by atoms with Crippen molar-refractivity contribution in [2.45, 2.75) is 25.8 Å². The van der Waals surface area contributed by atoms with Crippen molar-refractivity contribution in [3.05, 3.63) is 33.8 Å². The quantitative estimate of drug-likeness (QED) is 0.863. The van der Waals surface area contributed by atoms with Crippen molar-refractivity contribution in [2.24, 2.45) is 0 Å². The Morgan fingerprint density at radius 3 is 2.79 bits per heavy atom. The number of hydrogen-bond acceptors (Lipinski definition) is 1. The van der Waals surface area contributed by atoms with Crippen LogP contribution in [-0.4, -0.2) is 11.9 Å². The third-order valence-corrected chi connectivity index (χ3v) is 3.20. The Labute approximate surface area is 91.8 Å². The summed E-state index contributed by atoms with van der Waals surface area (Å²) in [6.45, 7) is 2.01. The average molecular weight is 254 g/mol. The molecule has 1 amide bonds. The molecule has 0 atom stereocenters. The number of carbonyl (C=O) groups is 1. The third kappa shape index (κ3) is 2.15. The molecule has 1 aliphatic carbocycles. The van der Waals surface area contributed by atoms with Crippen LogP contribution in [-0.2, 0) is 0 Å². The van der Waals surface area contributed by atoms with Gasteiger partial charge in [-0.25, -0.2) is 0 Å². The highest BCUT2D eigenvalue weighted by Gasteiger charge is 2.23. The highest BCUT2D eigenvalue weighted by atomic mass is 79.9. The molecule has 14 heavy (non-hydrogen) atoms. The Morgan fingerprint density at radius 2 is 2.21 bits per heavy atom. The predicted octanol–water partition coefficient (Wildman–Crippen LogP) is 2.65. The van der Waals surface area contributed by atoms with Gasteiger partial charge < -0.3 is 5.32 Å². The molecule has 1 N–H and O–H groups in total. The molecule has 0 heterocycles. The molecule has 0 aromatic heterocycles. The molecule has 2 nitrogen and oxygen atoms in total. The van der Waals surface area contributed by atoms with Crippen molar-refractivity contribution in [1.29, 1.82) is 0 Å². The number of hydrogen-bond donors (Lipinski definition) is 1. The summed E-state index contributed by atoms with van der Waals surface area (Å²) in [6, 6.07) is 6.10. The van der Waals surface area contributed by atoms with Crippen molar-refractivity contribution < 1.29 is 4.79 Å². The smallest absolute Gasteiger partial charge is 0.251 e. The number of amides is 1. The van der Waals surface area contributed by atoms with Gasteiger partial charge in [-0.3, -0.25) is 4.79 Å². The molecule has 0 unspecified atom stereocenters. The maximum absolute atomic E-state index is 11.6. The lowest BCUT2D eigenvalue weighted by atomic mass is 10.1. The zero-order valence-corrected chi connectivity index (χ0v) is 9.60. The van der Waals surface area contributed by atoms with E-state index in [0.717, 1.165) is 28.4 Å². The van der Waals surface area contributed by atoms with E-state index in [1.54, 1.807) is 0 Å². The summed E-state index contributed by atoms with van der Waals surface area (Å²) >= 11 is 3.42. The normalized spacial score (nSPS) is 15.3. The van der Waals surface area contributed by atoms with E-state index in [4.69, 9.17) is 0 Å². The first-order chi connectivity index (χ1) is 6.66. The van der Waals surface area contributed by atoms with Gasteiger partial charge >= 0.3 is 0 Å². The molecular formula is C11H12BrNO. The van der Waals surface area contributed by atoms with E-state index in [1.165, 1.54) is 0 Å². The highest BCUT2D eigenvalue weighted by molar-refractivity contribution is 9.10. The molecule has 1 aliphatic rings. The van der Waals surface area contributed by atoms with Crippen molar-refractivity contribution >= 4 is 21.8 Å². The lowest BCUT2D eigenvalue weighted by Crippen LogP contribution is -2.25. The Bertz CT molecular complexity index is 372. The molecule has 1 fully saturated rings. The lowest BCUT2D eigenvalue weighted by Gasteiger charge is -2.04. The van der Waals surface area contributed by atoms with Crippen LogP contribution in [0.2, 0.25) is 0 Å². The van der Waals surface area contributed by atoms with Crippen LogP contribution >= 0.6 is 15.9 Å². The standard InChI is InChI=1S/C11H12BrNO/c1-7-2-3-8(6-10(7)12)11(14)13-9-4-5-9/h2-3,6,9H,4-5H2,1H3,(H,13,14). The van der Waals surface area contributed by atoms with Crippen molar-refractivity contribution in [2.75, 3.05) is 0 Å². The molecule has 3 heteroatoms. The van der Waals surface area contributed by atoms with Crippen LogP contribution in [0.1, 0.15) is 28.8 Å². The summed E-state index contributed by atoms with van der Waals surface area (Å²) in [7, 11) is 0. The van der Waals surface area contributed by atoms with Gasteiger partial charge in [-0.2, -0.15) is 0 Å². The first-order valence-electron chi connectivity index (χ1n) is 4.74. The summed E-state index contributed by atoms with van der Waals surface area (Å²) in [5.74, 6) is 0.0354. The number of aryl methyl sites for hydroxylation is 1. The molecule has 1 aromatic carbocycles. The van der Waals surface area contributed by atoms with Gasteiger partial charge in [0.1, 0.15) is 0 Å². The zero-order valence-electron chi connectivity index (χ0n) is 8.01. The van der Waals surface area contributed by atoms with Gasteiger partial charge in [0.05, 0.1) is 0 Å². The predicted molar refractivity (Wildman–Crippen MR) is 59.4 cm³/mol. The largest absolute Gasteiger partial charge is 0.349 e. The number of carbonyl (C=O) groups excluding carboxylic acids is 1. The van der Waals surface area contributed by atoms with Crippen molar-refractivity contribution in [3.63, 3.8) is 0 Å². The fourth-order valence-electron chi connectivity index (χ4n) is 1.23. The lowest BCUT2D eigenvalue weighted by molar-refractivity contribution is 0.0951. The van der Waals surface area contributed by atoms with E-state index in [9.17, 15) is 4.79 Å². The average Bonchev–Trinajstić information content (AvgIpc) is 2.93. The molecule has 0 saturated heterocycles. The molecule has 74 valence electrons. The second kappa shape index (κ2) is 3.73. The van der Waals surface area contributed by atoms with Gasteiger partial charge in [-0.1, -0.05) is 22.0 Å². The minimum Gasteiger partial charge on any atom is -0.349 e. The Kier molecular flexibility index (Phi) is 2.59. The van der Waals surface area contributed by atoms with Gasteiger partial charge in [0.25, 0.3) is 5.91 Å². The fraction of sp³-hybridized carbons (Fsp3) is 0.364. The SMILES string of the molecule is Cc1ccc(C(=O)NC2CC2)cc1Br. The van der Waals surface area contributed by atoms with Gasteiger partial charge in [0.2, 0.25) is 0 Å². The van der Waals surface area contributed by atoms with Crippen LogP contribution in [0.4, 0.5) is 0 Å². The van der Waals surface area contributed by atoms with Crippen LogP contribution in [0.5, 0.6) is 0 Å². The Balaban J connectivity index is 2.14. The molecule has 0 aliphatic heterocycles. The minimum absolute atomic E-state index is 0.0354. The first-order valence-corrected chi connectivity index (χ1v) is 5.53. The summed E-state index contributed by atoms with van der Waals surface area (Å²) in [6.07, 6.45) is 2.25. The van der Waals surface area contributed by atoms with Gasteiger partial charge in [0.15, 0.2) is 0 Å². The minimum atomic E-state index is 0.0354. The zero-order chi connectivity index (χ0) is 10.1. The summed E-state index contributed by atoms with van der Waals surface area (Å²) in [5.41, 5.74) is 1.88. The number of halogens is 1. The summed E-state index contributed by atoms with van der Waals surface area (Å²) in [5, 5.41) is 2.96. The number of benzene rings is 1. The van der Waals surface area contributed by atoms with Crippen LogP contribution < -0.4 is 5.32 Å². The molecular weight excluding hydrogens is 242 g/mol. The number of rotatable bonds is 2. The van der Waals surface area contributed by atoms with Crippen LogP contribution in [0, 0.1) is 6.92 Å². The Morgan fingerprint density at radius 1 is 1.50 bits per heavy atom. The van der Waals surface area contributed by atoms with Crippen molar-refractivity contribution in [1.82, 2.24) is 5.32 Å². The molecule has 1 saturated carbocycles. The van der Waals surface area contributed by atoms with Crippen LogP contribution in [0.15, 0.2) is 22.7 Å². The molecule has 1 aromatic rings. The van der Waals surface area contributed by atoms with Gasteiger partial charge in [-0.15, -0.1) is 0 Å². The fourth-order valence-corrected chi connectivity index (χ4v) is 1.61. The molecule has 0 bridgehead atoms. The molecule has 0 radical (unpaired) electrons. The number of nitrogens with one attached hydrogen (secondary N) is 1. The van der Waals surface area contributed by atoms with E-state index >= 15 is 0 Å². The van der Waals surface area contributed by atoms with E-state index in [2.05, 4.69) is 21.2 Å². The van der Waals surface area contributed by atoms with Crippen LogP contribution in [0.25, 0.3) is 0 Å².